The van der Waals surface area contributed by atoms with E-state index in [0.29, 0.717) is 0 Å². The van der Waals surface area contributed by atoms with Crippen molar-refractivity contribution >= 4 is 5.65 Å². The quantitative estimate of drug-likeness (QED) is 0.728. The first-order valence-corrected chi connectivity index (χ1v) is 4.88. The number of fused-ring (bicyclic) bond motifs is 1. The van der Waals surface area contributed by atoms with Crippen molar-refractivity contribution in [2.24, 2.45) is 5.73 Å². The van der Waals surface area contributed by atoms with Crippen molar-refractivity contribution in [3.63, 3.8) is 0 Å². The lowest BCUT2D eigenvalue weighted by Gasteiger charge is -2.36. The highest BCUT2D eigenvalue weighted by Crippen LogP contribution is 2.37. The molecule has 3 rings (SSSR count). The van der Waals surface area contributed by atoms with Crippen LogP contribution in [0, 0.1) is 0 Å². The van der Waals surface area contributed by atoms with E-state index >= 15 is 0 Å². The molecule has 2 aromatic heterocycles. The fraction of sp³-hybridized carbons (Fsp3) is 0.400. The van der Waals surface area contributed by atoms with Crippen LogP contribution in [0.1, 0.15) is 25.0 Å². The van der Waals surface area contributed by atoms with Crippen molar-refractivity contribution in [2.75, 3.05) is 0 Å². The van der Waals surface area contributed by atoms with Crippen molar-refractivity contribution in [1.82, 2.24) is 14.6 Å². The van der Waals surface area contributed by atoms with Gasteiger partial charge in [-0.1, -0.05) is 0 Å². The average Bonchev–Trinajstić information content (AvgIpc) is 2.57. The maximum atomic E-state index is 6.18. The Labute approximate surface area is 81.8 Å². The fourth-order valence-electron chi connectivity index (χ4n) is 1.89. The Bertz CT molecular complexity index is 437. The first-order valence-electron chi connectivity index (χ1n) is 4.88. The molecule has 1 aliphatic rings. The molecule has 2 heterocycles. The largest absolute Gasteiger partial charge is 0.320 e. The first kappa shape index (κ1) is 7.94. The van der Waals surface area contributed by atoms with Gasteiger partial charge in [-0.15, -0.1) is 0 Å². The SMILES string of the molecule is NC1(c2cc3ncccn3n2)CCC1. The second-order valence-corrected chi connectivity index (χ2v) is 3.96. The predicted octanol–water partition coefficient (Wildman–Crippen LogP) is 1.07. The van der Waals surface area contributed by atoms with Crippen molar-refractivity contribution in [1.29, 1.82) is 0 Å². The monoisotopic (exact) mass is 188 g/mol. The van der Waals surface area contributed by atoms with Gasteiger partial charge in [-0.2, -0.15) is 5.10 Å². The Hall–Kier alpha value is -1.42. The molecule has 0 bridgehead atoms. The molecule has 0 radical (unpaired) electrons. The summed E-state index contributed by atoms with van der Waals surface area (Å²) < 4.78 is 1.78. The van der Waals surface area contributed by atoms with Crippen molar-refractivity contribution in [3.05, 3.63) is 30.2 Å². The molecular weight excluding hydrogens is 176 g/mol. The molecule has 0 aliphatic heterocycles. The molecule has 0 atom stereocenters. The summed E-state index contributed by atoms with van der Waals surface area (Å²) in [5, 5.41) is 4.44. The van der Waals surface area contributed by atoms with Crippen molar-refractivity contribution < 1.29 is 0 Å². The van der Waals surface area contributed by atoms with Crippen molar-refractivity contribution in [3.8, 4) is 0 Å². The zero-order valence-electron chi connectivity index (χ0n) is 7.85. The van der Waals surface area contributed by atoms with Gasteiger partial charge in [-0.05, 0) is 25.3 Å². The molecule has 0 unspecified atom stereocenters. The van der Waals surface area contributed by atoms with Crippen LogP contribution in [0.5, 0.6) is 0 Å². The van der Waals surface area contributed by atoms with Gasteiger partial charge in [-0.3, -0.25) is 0 Å². The van der Waals surface area contributed by atoms with Crippen LogP contribution in [-0.4, -0.2) is 14.6 Å². The number of nitrogens with two attached hydrogens (primary N) is 1. The lowest BCUT2D eigenvalue weighted by Crippen LogP contribution is -2.43. The minimum Gasteiger partial charge on any atom is -0.320 e. The van der Waals surface area contributed by atoms with E-state index < -0.39 is 0 Å². The molecule has 2 N–H and O–H groups in total. The van der Waals surface area contributed by atoms with Crippen molar-refractivity contribution in [2.45, 2.75) is 24.8 Å². The minimum absolute atomic E-state index is 0.187. The summed E-state index contributed by atoms with van der Waals surface area (Å²) in [6.45, 7) is 0. The van der Waals surface area contributed by atoms with Gasteiger partial charge in [0.1, 0.15) is 0 Å². The highest BCUT2D eigenvalue weighted by atomic mass is 15.3. The van der Waals surface area contributed by atoms with E-state index in [2.05, 4.69) is 10.1 Å². The van der Waals surface area contributed by atoms with E-state index in [9.17, 15) is 0 Å². The minimum atomic E-state index is -0.187. The third-order valence-corrected chi connectivity index (χ3v) is 2.99. The van der Waals surface area contributed by atoms with Crippen LogP contribution in [0.15, 0.2) is 24.5 Å². The molecule has 72 valence electrons. The number of hydrogen-bond acceptors (Lipinski definition) is 3. The Morgan fingerprint density at radius 2 is 2.29 bits per heavy atom. The zero-order valence-corrected chi connectivity index (χ0v) is 7.85. The number of nitrogens with zero attached hydrogens (tertiary/aromatic N) is 3. The molecule has 0 saturated heterocycles. The van der Waals surface area contributed by atoms with Gasteiger partial charge in [-0.25, -0.2) is 9.50 Å². The van der Waals surface area contributed by atoms with E-state index in [4.69, 9.17) is 5.73 Å². The first-order chi connectivity index (χ1) is 6.78. The normalized spacial score (nSPS) is 19.5. The average molecular weight is 188 g/mol. The van der Waals surface area contributed by atoms with Gasteiger partial charge < -0.3 is 5.73 Å². The van der Waals surface area contributed by atoms with Gasteiger partial charge in [0, 0.05) is 18.5 Å². The van der Waals surface area contributed by atoms with Crippen LogP contribution in [0.3, 0.4) is 0 Å². The van der Waals surface area contributed by atoms with Crippen LogP contribution >= 0.6 is 0 Å². The lowest BCUT2D eigenvalue weighted by molar-refractivity contribution is 0.245. The maximum absolute atomic E-state index is 6.18. The summed E-state index contributed by atoms with van der Waals surface area (Å²) in [6.07, 6.45) is 6.95. The number of rotatable bonds is 1. The number of aromatic nitrogens is 3. The van der Waals surface area contributed by atoms with E-state index in [-0.39, 0.29) is 5.54 Å². The molecule has 2 aromatic rings. The second kappa shape index (κ2) is 2.54. The summed E-state index contributed by atoms with van der Waals surface area (Å²) in [5.74, 6) is 0. The van der Waals surface area contributed by atoms with Gasteiger partial charge in [0.15, 0.2) is 5.65 Å². The third-order valence-electron chi connectivity index (χ3n) is 2.99. The summed E-state index contributed by atoms with van der Waals surface area (Å²) in [4.78, 5) is 4.22. The predicted molar refractivity (Wildman–Crippen MR) is 52.7 cm³/mol. The number of hydrogen-bond donors (Lipinski definition) is 1. The Morgan fingerprint density at radius 1 is 1.43 bits per heavy atom. The topological polar surface area (TPSA) is 56.2 Å². The van der Waals surface area contributed by atoms with Crippen LogP contribution in [0.4, 0.5) is 0 Å². The molecular formula is C10H12N4. The van der Waals surface area contributed by atoms with E-state index in [1.165, 1.54) is 6.42 Å². The standard InChI is InChI=1S/C10H12N4/c11-10(3-1-4-10)8-7-9-12-5-2-6-14(9)13-8/h2,5-7H,1,3-4,11H2. The van der Waals surface area contributed by atoms with Gasteiger partial charge in [0.05, 0.1) is 11.2 Å². The summed E-state index contributed by atoms with van der Waals surface area (Å²) in [7, 11) is 0. The zero-order chi connectivity index (χ0) is 9.60. The highest BCUT2D eigenvalue weighted by Gasteiger charge is 2.36. The Kier molecular flexibility index (Phi) is 1.44. The molecule has 0 amide bonds. The maximum Gasteiger partial charge on any atom is 0.155 e. The Balaban J connectivity index is 2.14. The molecule has 4 heteroatoms. The molecule has 0 aromatic carbocycles. The Morgan fingerprint density at radius 3 is 2.93 bits per heavy atom. The summed E-state index contributed by atoms with van der Waals surface area (Å²) >= 11 is 0. The van der Waals surface area contributed by atoms with Gasteiger partial charge in [0.2, 0.25) is 0 Å². The summed E-state index contributed by atoms with van der Waals surface area (Å²) in [6, 6.07) is 3.85. The van der Waals surface area contributed by atoms with Crippen LogP contribution in [0.2, 0.25) is 0 Å². The lowest BCUT2D eigenvalue weighted by atomic mass is 9.75. The van der Waals surface area contributed by atoms with E-state index in [1.807, 2.05) is 18.3 Å². The van der Waals surface area contributed by atoms with Gasteiger partial charge >= 0.3 is 0 Å². The fourth-order valence-corrected chi connectivity index (χ4v) is 1.89. The molecule has 1 saturated carbocycles. The molecule has 4 nitrogen and oxygen atoms in total. The van der Waals surface area contributed by atoms with E-state index in [1.54, 1.807) is 10.7 Å². The second-order valence-electron chi connectivity index (χ2n) is 3.96. The van der Waals surface area contributed by atoms with Crippen LogP contribution in [0.25, 0.3) is 5.65 Å². The third kappa shape index (κ3) is 0.974. The van der Waals surface area contributed by atoms with Crippen LogP contribution < -0.4 is 5.73 Å². The molecule has 14 heavy (non-hydrogen) atoms. The van der Waals surface area contributed by atoms with Crippen LogP contribution in [-0.2, 0) is 5.54 Å². The van der Waals surface area contributed by atoms with E-state index in [0.717, 1.165) is 24.2 Å². The molecule has 1 aliphatic carbocycles. The van der Waals surface area contributed by atoms with Gasteiger partial charge in [0.25, 0.3) is 0 Å². The molecule has 1 fully saturated rings. The smallest absolute Gasteiger partial charge is 0.155 e. The molecule has 0 spiro atoms. The highest BCUT2D eigenvalue weighted by molar-refractivity contribution is 5.40. The summed E-state index contributed by atoms with van der Waals surface area (Å²) in [5.41, 5.74) is 7.85.